The normalized spacial score (nSPS) is 12.3. The van der Waals surface area contributed by atoms with E-state index < -0.39 is 0 Å². The second-order valence-electron chi connectivity index (χ2n) is 4.99. The molecule has 1 aromatic carbocycles. The lowest BCUT2D eigenvalue weighted by atomic mass is 10.1. The molecule has 0 radical (unpaired) electrons. The number of nitrogens with zero attached hydrogens (tertiary/aromatic N) is 6. The van der Waals surface area contributed by atoms with Crippen LogP contribution in [0.2, 0.25) is 0 Å². The zero-order chi connectivity index (χ0) is 15.2. The zero-order valence-corrected chi connectivity index (χ0v) is 13.2. The van der Waals surface area contributed by atoms with E-state index in [-0.39, 0.29) is 5.25 Å². The van der Waals surface area contributed by atoms with Gasteiger partial charge in [-0.2, -0.15) is 5.26 Å². The fourth-order valence-electron chi connectivity index (χ4n) is 1.80. The number of hydrogen-bond acceptors (Lipinski definition) is 6. The van der Waals surface area contributed by atoms with Crippen LogP contribution in [0, 0.1) is 11.3 Å². The molecule has 0 saturated heterocycles. The minimum Gasteiger partial charge on any atom is -0.308 e. The number of aromatic nitrogens is 4. The van der Waals surface area contributed by atoms with Gasteiger partial charge in [-0.05, 0) is 49.1 Å². The Labute approximate surface area is 128 Å². The molecule has 1 atom stereocenters. The molecule has 0 spiro atoms. The maximum absolute atomic E-state index is 8.97. The molecule has 0 amide bonds. The fourth-order valence-corrected chi connectivity index (χ4v) is 2.74. The third-order valence-corrected chi connectivity index (χ3v) is 4.15. The zero-order valence-electron chi connectivity index (χ0n) is 12.4. The summed E-state index contributed by atoms with van der Waals surface area (Å²) in [6.07, 6.45) is 0. The predicted octanol–water partition coefficient (Wildman–Crippen LogP) is 1.96. The van der Waals surface area contributed by atoms with E-state index in [0.29, 0.717) is 5.56 Å². The third kappa shape index (κ3) is 4.28. The molecule has 1 heterocycles. The molecule has 2 rings (SSSR count). The Balaban J connectivity index is 2.07. The molecule has 0 aliphatic heterocycles. The van der Waals surface area contributed by atoms with E-state index in [1.807, 2.05) is 43.0 Å². The summed E-state index contributed by atoms with van der Waals surface area (Å²) in [5.41, 5.74) is 1.77. The summed E-state index contributed by atoms with van der Waals surface area (Å²) in [5, 5.41) is 21.8. The van der Waals surface area contributed by atoms with Crippen molar-refractivity contribution < 1.29 is 0 Å². The van der Waals surface area contributed by atoms with Crippen LogP contribution in [0.4, 0.5) is 0 Å². The minimum absolute atomic E-state index is 0.183. The molecule has 0 aliphatic carbocycles. The standard InChI is InChI=1S/C14H18N6S/c1-11(13-6-4-5-12(9-13)10-15)21-14-16-17-18-20(14)8-7-19(2)3/h4-6,9,11H,7-8H2,1-3H3/t11-/m1/s1. The molecule has 0 unspecified atom stereocenters. The Morgan fingerprint density at radius 3 is 2.95 bits per heavy atom. The molecule has 6 nitrogen and oxygen atoms in total. The Morgan fingerprint density at radius 1 is 1.43 bits per heavy atom. The largest absolute Gasteiger partial charge is 0.308 e. The van der Waals surface area contributed by atoms with Crippen LogP contribution in [0.5, 0.6) is 0 Å². The summed E-state index contributed by atoms with van der Waals surface area (Å²) in [6.45, 7) is 3.73. The highest BCUT2D eigenvalue weighted by atomic mass is 32.2. The van der Waals surface area contributed by atoms with E-state index in [9.17, 15) is 0 Å². The topological polar surface area (TPSA) is 70.6 Å². The Kier molecular flexibility index (Phi) is 5.31. The number of rotatable bonds is 6. The van der Waals surface area contributed by atoms with Gasteiger partial charge in [0.15, 0.2) is 0 Å². The first kappa shape index (κ1) is 15.5. The first-order valence-electron chi connectivity index (χ1n) is 6.67. The van der Waals surface area contributed by atoms with Gasteiger partial charge in [-0.1, -0.05) is 23.9 Å². The monoisotopic (exact) mass is 302 g/mol. The van der Waals surface area contributed by atoms with Gasteiger partial charge >= 0.3 is 0 Å². The number of benzene rings is 1. The van der Waals surface area contributed by atoms with E-state index in [4.69, 9.17) is 5.26 Å². The maximum atomic E-state index is 8.97. The van der Waals surface area contributed by atoms with Crippen molar-refractivity contribution in [3.8, 4) is 6.07 Å². The highest BCUT2D eigenvalue weighted by Gasteiger charge is 2.14. The van der Waals surface area contributed by atoms with Crippen molar-refractivity contribution in [2.24, 2.45) is 0 Å². The Morgan fingerprint density at radius 2 is 2.24 bits per heavy atom. The smallest absolute Gasteiger partial charge is 0.209 e. The maximum Gasteiger partial charge on any atom is 0.209 e. The number of thioether (sulfide) groups is 1. The van der Waals surface area contributed by atoms with E-state index >= 15 is 0 Å². The van der Waals surface area contributed by atoms with Crippen LogP contribution in [0.1, 0.15) is 23.3 Å². The predicted molar refractivity (Wildman–Crippen MR) is 81.8 cm³/mol. The summed E-state index contributed by atoms with van der Waals surface area (Å²) in [7, 11) is 4.04. The molecule has 0 saturated carbocycles. The summed E-state index contributed by atoms with van der Waals surface area (Å²) in [5.74, 6) is 0. The Hall–Kier alpha value is -1.91. The van der Waals surface area contributed by atoms with Gasteiger partial charge in [0.25, 0.3) is 0 Å². The summed E-state index contributed by atoms with van der Waals surface area (Å²) >= 11 is 1.60. The van der Waals surface area contributed by atoms with E-state index in [2.05, 4.69) is 33.4 Å². The molecule has 0 bridgehead atoms. The van der Waals surface area contributed by atoms with Crippen LogP contribution >= 0.6 is 11.8 Å². The second kappa shape index (κ2) is 7.20. The quantitative estimate of drug-likeness (QED) is 0.760. The third-order valence-electron chi connectivity index (χ3n) is 3.03. The molecular formula is C14H18N6S. The number of likely N-dealkylation sites (N-methyl/N-ethyl adjacent to an activating group) is 1. The van der Waals surface area contributed by atoms with Crippen LogP contribution < -0.4 is 0 Å². The fraction of sp³-hybridized carbons (Fsp3) is 0.429. The lowest BCUT2D eigenvalue weighted by molar-refractivity contribution is 0.361. The SMILES string of the molecule is C[C@@H](Sc1nnnn1CCN(C)C)c1cccc(C#N)c1. The van der Waals surface area contributed by atoms with Crippen molar-refractivity contribution in [1.29, 1.82) is 5.26 Å². The molecule has 1 aromatic heterocycles. The van der Waals surface area contributed by atoms with Gasteiger partial charge in [-0.3, -0.25) is 0 Å². The average Bonchev–Trinajstić information content (AvgIpc) is 2.92. The van der Waals surface area contributed by atoms with Crippen molar-refractivity contribution in [1.82, 2.24) is 25.1 Å². The Bertz CT molecular complexity index is 630. The summed E-state index contributed by atoms with van der Waals surface area (Å²) in [6, 6.07) is 9.80. The molecule has 110 valence electrons. The van der Waals surface area contributed by atoms with Gasteiger partial charge < -0.3 is 4.90 Å². The minimum atomic E-state index is 0.183. The van der Waals surface area contributed by atoms with Crippen LogP contribution in [-0.2, 0) is 6.54 Å². The van der Waals surface area contributed by atoms with E-state index in [0.717, 1.165) is 23.8 Å². The van der Waals surface area contributed by atoms with Gasteiger partial charge in [0.1, 0.15) is 0 Å². The van der Waals surface area contributed by atoms with Gasteiger partial charge in [0.2, 0.25) is 5.16 Å². The molecule has 0 fully saturated rings. The van der Waals surface area contributed by atoms with Crippen LogP contribution in [0.15, 0.2) is 29.4 Å². The molecule has 0 aliphatic rings. The molecular weight excluding hydrogens is 284 g/mol. The first-order chi connectivity index (χ1) is 10.1. The first-order valence-corrected chi connectivity index (χ1v) is 7.55. The van der Waals surface area contributed by atoms with E-state index in [1.165, 1.54) is 0 Å². The van der Waals surface area contributed by atoms with Crippen molar-refractivity contribution in [2.75, 3.05) is 20.6 Å². The van der Waals surface area contributed by atoms with Crippen molar-refractivity contribution in [2.45, 2.75) is 23.9 Å². The summed E-state index contributed by atoms with van der Waals surface area (Å²) in [4.78, 5) is 2.09. The van der Waals surface area contributed by atoms with Crippen LogP contribution in [-0.4, -0.2) is 45.7 Å². The van der Waals surface area contributed by atoms with Gasteiger partial charge in [0.05, 0.1) is 18.2 Å². The molecule has 0 N–H and O–H groups in total. The highest BCUT2D eigenvalue weighted by Crippen LogP contribution is 2.33. The average molecular weight is 302 g/mol. The van der Waals surface area contributed by atoms with Crippen LogP contribution in [0.25, 0.3) is 0 Å². The van der Waals surface area contributed by atoms with Crippen molar-refractivity contribution in [3.05, 3.63) is 35.4 Å². The number of hydrogen-bond donors (Lipinski definition) is 0. The summed E-state index contributed by atoms with van der Waals surface area (Å²) < 4.78 is 1.81. The van der Waals surface area contributed by atoms with Gasteiger partial charge in [-0.25, -0.2) is 4.68 Å². The highest BCUT2D eigenvalue weighted by molar-refractivity contribution is 7.99. The lowest BCUT2D eigenvalue weighted by Gasteiger charge is -2.13. The van der Waals surface area contributed by atoms with Crippen LogP contribution in [0.3, 0.4) is 0 Å². The van der Waals surface area contributed by atoms with Gasteiger partial charge in [-0.15, -0.1) is 5.10 Å². The van der Waals surface area contributed by atoms with Gasteiger partial charge in [0, 0.05) is 11.8 Å². The number of nitriles is 1. The lowest BCUT2D eigenvalue weighted by Crippen LogP contribution is -2.19. The molecule has 2 aromatic rings. The van der Waals surface area contributed by atoms with Crippen molar-refractivity contribution in [3.63, 3.8) is 0 Å². The molecule has 21 heavy (non-hydrogen) atoms. The van der Waals surface area contributed by atoms with Crippen molar-refractivity contribution >= 4 is 11.8 Å². The van der Waals surface area contributed by atoms with E-state index in [1.54, 1.807) is 11.8 Å². The number of tetrazole rings is 1. The second-order valence-corrected chi connectivity index (χ2v) is 6.29. The molecule has 7 heteroatoms.